The average molecular weight is 426 g/mol. The van der Waals surface area contributed by atoms with Crippen molar-refractivity contribution in [2.24, 2.45) is 0 Å². The third-order valence-corrected chi connectivity index (χ3v) is 6.33. The van der Waals surface area contributed by atoms with Crippen LogP contribution >= 0.6 is 23.5 Å². The maximum absolute atomic E-state index is 12.7. The molecule has 24 heavy (non-hydrogen) atoms. The van der Waals surface area contributed by atoms with Gasteiger partial charge in [-0.3, -0.25) is 23.7 Å². The molecule has 136 valence electrons. The monoisotopic (exact) mass is 425 g/mol. The number of hydrogen-bond donors (Lipinski definition) is 1. The van der Waals surface area contributed by atoms with E-state index < -0.39 is 25.1 Å². The van der Waals surface area contributed by atoms with Gasteiger partial charge in [0, 0.05) is 19.7 Å². The number of rotatable bonds is 7. The Labute approximate surface area is 147 Å². The molecular formula is C13H21BrN3O6P. The number of nitrogens with one attached hydrogen (secondary N) is 1. The van der Waals surface area contributed by atoms with Crippen molar-refractivity contribution in [3.05, 3.63) is 31.5 Å². The highest BCUT2D eigenvalue weighted by Gasteiger charge is 2.39. The zero-order valence-electron chi connectivity index (χ0n) is 13.7. The third-order valence-electron chi connectivity index (χ3n) is 3.60. The van der Waals surface area contributed by atoms with Gasteiger partial charge in [-0.2, -0.15) is 5.06 Å². The lowest BCUT2D eigenvalue weighted by atomic mass is 10.2. The molecule has 0 amide bonds. The quantitative estimate of drug-likeness (QED) is 0.663. The van der Waals surface area contributed by atoms with Gasteiger partial charge in [-0.05, 0) is 29.8 Å². The van der Waals surface area contributed by atoms with E-state index in [9.17, 15) is 14.2 Å². The van der Waals surface area contributed by atoms with Gasteiger partial charge in [-0.1, -0.05) is 0 Å². The molecule has 0 bridgehead atoms. The number of H-pyrrole nitrogens is 1. The molecule has 0 saturated carbocycles. The maximum atomic E-state index is 12.7. The van der Waals surface area contributed by atoms with Crippen LogP contribution in [0.15, 0.2) is 20.3 Å². The van der Waals surface area contributed by atoms with Gasteiger partial charge in [0.15, 0.2) is 6.23 Å². The molecule has 0 aromatic carbocycles. The van der Waals surface area contributed by atoms with E-state index >= 15 is 0 Å². The molecule has 0 radical (unpaired) electrons. The van der Waals surface area contributed by atoms with E-state index in [1.165, 1.54) is 10.8 Å². The zero-order chi connectivity index (χ0) is 17.9. The fourth-order valence-corrected chi connectivity index (χ4v) is 4.81. The first-order chi connectivity index (χ1) is 11.3. The summed E-state index contributed by atoms with van der Waals surface area (Å²) in [5.74, 6) is 0. The first-order valence-electron chi connectivity index (χ1n) is 7.58. The second kappa shape index (κ2) is 8.07. The van der Waals surface area contributed by atoms with Crippen molar-refractivity contribution < 1.29 is 18.5 Å². The van der Waals surface area contributed by atoms with Gasteiger partial charge in [0.2, 0.25) is 0 Å². The van der Waals surface area contributed by atoms with Gasteiger partial charge in [0.25, 0.3) is 5.56 Å². The number of aromatic nitrogens is 2. The van der Waals surface area contributed by atoms with E-state index in [1.807, 2.05) is 0 Å². The second-order valence-electron chi connectivity index (χ2n) is 5.27. The zero-order valence-corrected chi connectivity index (χ0v) is 16.2. The van der Waals surface area contributed by atoms with Crippen LogP contribution in [0.3, 0.4) is 0 Å². The molecule has 9 nitrogen and oxygen atoms in total. The molecule has 11 heteroatoms. The van der Waals surface area contributed by atoms with Crippen LogP contribution in [0, 0.1) is 0 Å². The lowest BCUT2D eigenvalue weighted by molar-refractivity contribution is -0.164. The summed E-state index contributed by atoms with van der Waals surface area (Å²) in [5, 5.41) is 1.54. The van der Waals surface area contributed by atoms with Crippen LogP contribution in [-0.2, 0) is 18.5 Å². The molecule has 2 unspecified atom stereocenters. The normalized spacial score (nSPS) is 22.2. The largest absolute Gasteiger partial charge is 0.332 e. The summed E-state index contributed by atoms with van der Waals surface area (Å²) in [5.41, 5.74) is -1.07. The Morgan fingerprint density at radius 2 is 2.00 bits per heavy atom. The first kappa shape index (κ1) is 19.6. The van der Waals surface area contributed by atoms with Crippen LogP contribution in [0.4, 0.5) is 0 Å². The Morgan fingerprint density at radius 3 is 2.58 bits per heavy atom. The Bertz CT molecular complexity index is 725. The molecule has 1 aromatic rings. The molecule has 1 aromatic heterocycles. The smallest absolute Gasteiger partial charge is 0.309 e. The number of hydrogen-bond acceptors (Lipinski definition) is 7. The lowest BCUT2D eigenvalue weighted by Crippen LogP contribution is -2.32. The predicted octanol–water partition coefficient (Wildman–Crippen LogP) is 1.70. The molecule has 2 atom stereocenters. The van der Waals surface area contributed by atoms with Gasteiger partial charge in [0.1, 0.15) is 0 Å². The van der Waals surface area contributed by atoms with E-state index in [2.05, 4.69) is 20.9 Å². The fourth-order valence-electron chi connectivity index (χ4n) is 2.52. The van der Waals surface area contributed by atoms with E-state index in [0.29, 0.717) is 6.42 Å². The van der Waals surface area contributed by atoms with Crippen LogP contribution in [0.2, 0.25) is 0 Å². The molecule has 1 aliphatic rings. The average Bonchev–Trinajstić information content (AvgIpc) is 2.84. The van der Waals surface area contributed by atoms with Crippen LogP contribution in [0.25, 0.3) is 0 Å². The van der Waals surface area contributed by atoms with Gasteiger partial charge in [0.05, 0.1) is 29.9 Å². The van der Waals surface area contributed by atoms with E-state index in [-0.39, 0.29) is 29.9 Å². The Morgan fingerprint density at radius 1 is 1.38 bits per heavy atom. The van der Waals surface area contributed by atoms with Gasteiger partial charge in [-0.25, -0.2) is 4.79 Å². The Hall–Kier alpha value is -0.770. The van der Waals surface area contributed by atoms with Crippen molar-refractivity contribution in [1.82, 2.24) is 14.6 Å². The van der Waals surface area contributed by atoms with E-state index in [4.69, 9.17) is 13.9 Å². The third kappa shape index (κ3) is 4.44. The minimum Gasteiger partial charge on any atom is -0.309 e. The summed E-state index contributed by atoms with van der Waals surface area (Å²) >= 11 is 3.09. The van der Waals surface area contributed by atoms with Crippen LogP contribution in [-0.4, -0.2) is 47.1 Å². The summed E-state index contributed by atoms with van der Waals surface area (Å²) in [6, 6.07) is -0.253. The lowest BCUT2D eigenvalue weighted by Gasteiger charge is -2.22. The van der Waals surface area contributed by atoms with Crippen LogP contribution < -0.4 is 11.2 Å². The Kier molecular flexibility index (Phi) is 6.58. The number of hydroxylamine groups is 2. The highest BCUT2D eigenvalue weighted by Crippen LogP contribution is 2.50. The van der Waals surface area contributed by atoms with Crippen molar-refractivity contribution >= 4 is 23.5 Å². The van der Waals surface area contributed by atoms with E-state index in [0.717, 1.165) is 0 Å². The van der Waals surface area contributed by atoms with Gasteiger partial charge < -0.3 is 9.05 Å². The maximum Gasteiger partial charge on any atom is 0.332 e. The van der Waals surface area contributed by atoms with Crippen molar-refractivity contribution in [1.29, 1.82) is 0 Å². The molecule has 0 aliphatic carbocycles. The Balaban J connectivity index is 2.18. The predicted molar refractivity (Wildman–Crippen MR) is 91.0 cm³/mol. The molecule has 1 N–H and O–H groups in total. The topological polar surface area (TPSA) is 103 Å². The second-order valence-corrected chi connectivity index (χ2v) is 8.23. The van der Waals surface area contributed by atoms with Crippen molar-refractivity contribution in [3.8, 4) is 0 Å². The van der Waals surface area contributed by atoms with Crippen LogP contribution in [0.1, 0.15) is 26.5 Å². The molecule has 1 aliphatic heterocycles. The minimum atomic E-state index is -3.23. The van der Waals surface area contributed by atoms with Crippen molar-refractivity contribution in [3.63, 3.8) is 0 Å². The van der Waals surface area contributed by atoms with E-state index in [1.54, 1.807) is 26.0 Å². The van der Waals surface area contributed by atoms with Gasteiger partial charge >= 0.3 is 13.3 Å². The SMILES string of the molecule is CCOP(=O)(CC1CC(n2cc(Br)c(=O)[nH]c2=O)ON1C)OCC. The summed E-state index contributed by atoms with van der Waals surface area (Å²) in [4.78, 5) is 31.3. The number of halogens is 1. The summed E-state index contributed by atoms with van der Waals surface area (Å²) < 4.78 is 24.8. The summed E-state index contributed by atoms with van der Waals surface area (Å²) in [7, 11) is -1.54. The standard InChI is InChI=1S/C13H21BrN3O6P/c1-4-21-24(20,22-5-2)8-9-6-11(23-16(9)3)17-7-10(14)12(18)15-13(17)19/h7,9,11H,4-6,8H2,1-3H3,(H,15,18,19). The molecule has 1 saturated heterocycles. The highest BCUT2D eigenvalue weighted by molar-refractivity contribution is 9.10. The summed E-state index contributed by atoms with van der Waals surface area (Å²) in [6.45, 7) is 4.07. The van der Waals surface area contributed by atoms with Crippen molar-refractivity contribution in [2.75, 3.05) is 26.4 Å². The molecule has 0 spiro atoms. The van der Waals surface area contributed by atoms with Crippen LogP contribution in [0.5, 0.6) is 0 Å². The summed E-state index contributed by atoms with van der Waals surface area (Å²) in [6.07, 6.45) is 1.32. The van der Waals surface area contributed by atoms with Crippen molar-refractivity contribution in [2.45, 2.75) is 32.5 Å². The number of nitrogens with zero attached hydrogens (tertiary/aromatic N) is 2. The molecule has 2 rings (SSSR count). The number of aromatic amines is 1. The van der Waals surface area contributed by atoms with Gasteiger partial charge in [-0.15, -0.1) is 0 Å². The molecular weight excluding hydrogens is 405 g/mol. The first-order valence-corrected chi connectivity index (χ1v) is 10.1. The molecule has 2 heterocycles. The highest BCUT2D eigenvalue weighted by atomic mass is 79.9. The minimum absolute atomic E-state index is 0.154. The molecule has 1 fully saturated rings. The fraction of sp³-hybridized carbons (Fsp3) is 0.692.